The Hall–Kier alpha value is -2.57. The molecule has 0 heterocycles. The highest BCUT2D eigenvalue weighted by molar-refractivity contribution is 9.10. The smallest absolute Gasteiger partial charge is 0.338 e. The van der Waals surface area contributed by atoms with Gasteiger partial charge in [0.15, 0.2) is 14.7 Å². The number of halogens is 1. The second-order valence-corrected chi connectivity index (χ2v) is 9.78. The van der Waals surface area contributed by atoms with Crippen LogP contribution in [0, 0.1) is 0 Å². The average molecular weight is 486 g/mol. The van der Waals surface area contributed by atoms with Crippen LogP contribution < -0.4 is 0 Å². The van der Waals surface area contributed by atoms with E-state index < -0.39 is 5.97 Å². The van der Waals surface area contributed by atoms with Gasteiger partial charge in [-0.3, -0.25) is 4.79 Å². The fraction of sp³-hybridized carbons (Fsp3) is 0.167. The Morgan fingerprint density at radius 2 is 1.23 bits per heavy atom. The second kappa shape index (κ2) is 11.0. The van der Waals surface area contributed by atoms with E-state index in [4.69, 9.17) is 9.47 Å². The minimum atomic E-state index is -0.441. The minimum Gasteiger partial charge on any atom is -0.461 e. The van der Waals surface area contributed by atoms with Crippen molar-refractivity contribution in [2.24, 2.45) is 0 Å². The van der Waals surface area contributed by atoms with Crippen LogP contribution in [0.4, 0.5) is 0 Å². The van der Waals surface area contributed by atoms with E-state index in [1.165, 1.54) is 9.79 Å². The monoisotopic (exact) mass is 485 g/mol. The number of hydrogen-bond acceptors (Lipinski definition) is 4. The Labute approximate surface area is 187 Å². The van der Waals surface area contributed by atoms with E-state index in [0.29, 0.717) is 5.56 Å². The normalized spacial score (nSPS) is 11.7. The predicted molar refractivity (Wildman–Crippen MR) is 121 cm³/mol. The third-order valence-corrected chi connectivity index (χ3v) is 6.77. The summed E-state index contributed by atoms with van der Waals surface area (Å²) in [5.74, 6) is -0.826. The standard InChI is InChI=1S/C24H22BrO4S/c1-18(25)23(26)28-16-17-29-24(27)19-12-14-22(15-13-19)30(20-8-4-2-5-9-20)21-10-6-3-7-11-21/h2-15,18H,16-17H2,1H3/q+1. The molecule has 0 aliphatic heterocycles. The lowest BCUT2D eigenvalue weighted by Crippen LogP contribution is -2.18. The molecule has 0 bridgehead atoms. The first-order valence-corrected chi connectivity index (χ1v) is 11.6. The van der Waals surface area contributed by atoms with Gasteiger partial charge in [-0.05, 0) is 55.5 Å². The maximum atomic E-state index is 12.3. The number of benzene rings is 3. The van der Waals surface area contributed by atoms with Gasteiger partial charge in [0.2, 0.25) is 0 Å². The van der Waals surface area contributed by atoms with Crippen molar-refractivity contribution in [2.75, 3.05) is 13.2 Å². The molecule has 3 aromatic rings. The number of rotatable bonds is 8. The van der Waals surface area contributed by atoms with Gasteiger partial charge in [0.25, 0.3) is 0 Å². The van der Waals surface area contributed by atoms with Gasteiger partial charge in [0, 0.05) is 0 Å². The Balaban J connectivity index is 1.70. The summed E-state index contributed by atoms with van der Waals surface area (Å²) >= 11 is 3.13. The summed E-state index contributed by atoms with van der Waals surface area (Å²) in [6.45, 7) is 1.73. The molecule has 0 spiro atoms. The molecule has 154 valence electrons. The van der Waals surface area contributed by atoms with Crippen molar-refractivity contribution >= 4 is 38.8 Å². The first-order valence-electron chi connectivity index (χ1n) is 9.48. The van der Waals surface area contributed by atoms with E-state index in [9.17, 15) is 9.59 Å². The maximum Gasteiger partial charge on any atom is 0.338 e. The van der Waals surface area contributed by atoms with Gasteiger partial charge in [-0.1, -0.05) is 52.3 Å². The molecule has 0 fully saturated rings. The van der Waals surface area contributed by atoms with Gasteiger partial charge < -0.3 is 9.47 Å². The minimum absolute atomic E-state index is 0.0183. The summed E-state index contributed by atoms with van der Waals surface area (Å²) in [7, 11) is -0.267. The zero-order valence-electron chi connectivity index (χ0n) is 16.5. The molecule has 30 heavy (non-hydrogen) atoms. The third-order valence-electron chi connectivity index (χ3n) is 4.17. The summed E-state index contributed by atoms with van der Waals surface area (Å²) in [5, 5.41) is 0. The molecule has 0 radical (unpaired) electrons. The van der Waals surface area contributed by atoms with Crippen LogP contribution in [0.1, 0.15) is 17.3 Å². The molecule has 0 aliphatic rings. The van der Waals surface area contributed by atoms with Crippen molar-refractivity contribution in [2.45, 2.75) is 26.4 Å². The van der Waals surface area contributed by atoms with E-state index in [-0.39, 0.29) is 34.9 Å². The summed E-state index contributed by atoms with van der Waals surface area (Å²) in [4.78, 5) is 26.8. The predicted octanol–water partition coefficient (Wildman–Crippen LogP) is 5.27. The number of alkyl halides is 1. The SMILES string of the molecule is CC(Br)C(=O)OCCOC(=O)c1ccc([S+](c2ccccc2)c2ccccc2)cc1. The molecule has 0 amide bonds. The van der Waals surface area contributed by atoms with Crippen molar-refractivity contribution in [3.05, 3.63) is 90.5 Å². The van der Waals surface area contributed by atoms with Crippen LogP contribution in [0.25, 0.3) is 0 Å². The van der Waals surface area contributed by atoms with Gasteiger partial charge in [-0.2, -0.15) is 0 Å². The summed E-state index contributed by atoms with van der Waals surface area (Å²) in [6.07, 6.45) is 0. The zero-order valence-corrected chi connectivity index (χ0v) is 18.9. The summed E-state index contributed by atoms with van der Waals surface area (Å²) in [5.41, 5.74) is 0.462. The molecule has 3 aromatic carbocycles. The van der Waals surface area contributed by atoms with E-state index in [1.54, 1.807) is 19.1 Å². The largest absolute Gasteiger partial charge is 0.461 e. The Kier molecular flexibility index (Phi) is 8.11. The zero-order chi connectivity index (χ0) is 21.3. The fourth-order valence-corrected chi connectivity index (χ4v) is 4.94. The van der Waals surface area contributed by atoms with Crippen molar-refractivity contribution in [3.8, 4) is 0 Å². The first-order chi connectivity index (χ1) is 14.6. The van der Waals surface area contributed by atoms with Crippen LogP contribution in [0.5, 0.6) is 0 Å². The topological polar surface area (TPSA) is 52.6 Å². The van der Waals surface area contributed by atoms with Gasteiger partial charge >= 0.3 is 11.9 Å². The van der Waals surface area contributed by atoms with Gasteiger partial charge in [0.05, 0.1) is 16.5 Å². The quantitative estimate of drug-likeness (QED) is 0.189. The van der Waals surface area contributed by atoms with Gasteiger partial charge in [-0.15, -0.1) is 0 Å². The third kappa shape index (κ3) is 5.97. The molecule has 4 nitrogen and oxygen atoms in total. The van der Waals surface area contributed by atoms with Gasteiger partial charge in [-0.25, -0.2) is 4.79 Å². The molecular formula is C24H22BrO4S+. The molecule has 3 rings (SSSR count). The summed E-state index contributed by atoms with van der Waals surface area (Å²) in [6, 6.07) is 28.1. The van der Waals surface area contributed by atoms with Crippen LogP contribution >= 0.6 is 15.9 Å². The molecule has 0 aliphatic carbocycles. The number of ether oxygens (including phenoxy) is 2. The first kappa shape index (κ1) is 22.1. The highest BCUT2D eigenvalue weighted by Crippen LogP contribution is 2.31. The lowest BCUT2D eigenvalue weighted by atomic mass is 10.2. The average Bonchev–Trinajstić information content (AvgIpc) is 2.78. The molecule has 0 aromatic heterocycles. The van der Waals surface area contributed by atoms with Crippen molar-refractivity contribution in [1.29, 1.82) is 0 Å². The van der Waals surface area contributed by atoms with Gasteiger partial charge in [0.1, 0.15) is 18.0 Å². The van der Waals surface area contributed by atoms with Crippen LogP contribution in [-0.2, 0) is 25.2 Å². The number of esters is 2. The van der Waals surface area contributed by atoms with E-state index in [0.717, 1.165) is 4.90 Å². The number of carbonyl (C=O) groups excluding carboxylic acids is 2. The fourth-order valence-electron chi connectivity index (χ4n) is 2.72. The Morgan fingerprint density at radius 1 is 0.767 bits per heavy atom. The Bertz CT molecular complexity index is 920. The van der Waals surface area contributed by atoms with Crippen molar-refractivity contribution in [1.82, 2.24) is 0 Å². The van der Waals surface area contributed by atoms with Crippen molar-refractivity contribution < 1.29 is 19.1 Å². The lowest BCUT2D eigenvalue weighted by molar-refractivity contribution is -0.143. The number of carbonyl (C=O) groups is 2. The van der Waals surface area contributed by atoms with E-state index in [2.05, 4.69) is 40.2 Å². The molecule has 0 N–H and O–H groups in total. The highest BCUT2D eigenvalue weighted by atomic mass is 79.9. The summed E-state index contributed by atoms with van der Waals surface area (Å²) < 4.78 is 10.2. The Morgan fingerprint density at radius 3 is 1.73 bits per heavy atom. The number of hydrogen-bond donors (Lipinski definition) is 0. The lowest BCUT2D eigenvalue weighted by Gasteiger charge is -2.09. The molecule has 0 saturated heterocycles. The van der Waals surface area contributed by atoms with Crippen molar-refractivity contribution in [3.63, 3.8) is 0 Å². The molecule has 1 atom stereocenters. The van der Waals surface area contributed by atoms with Crippen LogP contribution in [0.3, 0.4) is 0 Å². The maximum absolute atomic E-state index is 12.3. The van der Waals surface area contributed by atoms with E-state index >= 15 is 0 Å². The van der Waals surface area contributed by atoms with Crippen LogP contribution in [0.2, 0.25) is 0 Å². The highest BCUT2D eigenvalue weighted by Gasteiger charge is 2.28. The molecule has 6 heteroatoms. The molecular weight excluding hydrogens is 464 g/mol. The molecule has 0 saturated carbocycles. The second-order valence-electron chi connectivity index (χ2n) is 6.38. The molecule has 1 unspecified atom stereocenters. The van der Waals surface area contributed by atoms with Crippen LogP contribution in [0.15, 0.2) is 99.6 Å². The van der Waals surface area contributed by atoms with E-state index in [1.807, 2.05) is 48.5 Å². The van der Waals surface area contributed by atoms with Crippen LogP contribution in [-0.4, -0.2) is 30.0 Å².